The van der Waals surface area contributed by atoms with Crippen molar-refractivity contribution in [2.24, 2.45) is 5.73 Å². The van der Waals surface area contributed by atoms with E-state index in [0.29, 0.717) is 5.56 Å². The minimum atomic E-state index is -0.314. The van der Waals surface area contributed by atoms with Crippen LogP contribution in [-0.2, 0) is 11.3 Å². The van der Waals surface area contributed by atoms with Crippen molar-refractivity contribution < 1.29 is 9.53 Å². The van der Waals surface area contributed by atoms with Gasteiger partial charge in [-0.3, -0.25) is 4.90 Å². The molecule has 0 aromatic heterocycles. The summed E-state index contributed by atoms with van der Waals surface area (Å²) < 4.78 is 5.63. The van der Waals surface area contributed by atoms with E-state index in [1.54, 1.807) is 12.1 Å². The lowest BCUT2D eigenvalue weighted by atomic mass is 10.1. The van der Waals surface area contributed by atoms with Crippen molar-refractivity contribution >= 4 is 21.9 Å². The molecule has 1 atom stereocenters. The first-order valence-electron chi connectivity index (χ1n) is 5.95. The van der Waals surface area contributed by atoms with Crippen molar-refractivity contribution in [1.29, 1.82) is 0 Å². The Morgan fingerprint density at radius 2 is 2.39 bits per heavy atom. The number of ether oxygens (including phenoxy) is 1. The van der Waals surface area contributed by atoms with E-state index in [-0.39, 0.29) is 12.0 Å². The number of methoxy groups -OCH3 is 1. The highest BCUT2D eigenvalue weighted by Gasteiger charge is 2.19. The maximum absolute atomic E-state index is 11.4. The largest absolute Gasteiger partial charge is 0.465 e. The fraction of sp³-hybridized carbons (Fsp3) is 0.462. The second-order valence-electron chi connectivity index (χ2n) is 4.58. The quantitative estimate of drug-likeness (QED) is 0.864. The zero-order valence-electron chi connectivity index (χ0n) is 10.4. The molecule has 2 rings (SSSR count). The molecular weight excluding hydrogens is 296 g/mol. The summed E-state index contributed by atoms with van der Waals surface area (Å²) in [7, 11) is 1.38. The van der Waals surface area contributed by atoms with Crippen LogP contribution in [0.15, 0.2) is 22.7 Å². The molecule has 0 amide bonds. The van der Waals surface area contributed by atoms with Crippen LogP contribution >= 0.6 is 15.9 Å². The Balaban J connectivity index is 2.08. The van der Waals surface area contributed by atoms with Gasteiger partial charge in [0.1, 0.15) is 0 Å². The Hall–Kier alpha value is -0.910. The minimum absolute atomic E-state index is 0.290. The van der Waals surface area contributed by atoms with E-state index in [0.717, 1.165) is 36.1 Å². The summed E-state index contributed by atoms with van der Waals surface area (Å²) >= 11 is 3.50. The zero-order valence-corrected chi connectivity index (χ0v) is 11.9. The lowest BCUT2D eigenvalue weighted by molar-refractivity contribution is 0.0600. The van der Waals surface area contributed by atoms with Gasteiger partial charge < -0.3 is 10.5 Å². The molecule has 18 heavy (non-hydrogen) atoms. The second-order valence-corrected chi connectivity index (χ2v) is 5.44. The Labute approximate surface area is 115 Å². The second kappa shape index (κ2) is 5.82. The Morgan fingerprint density at radius 1 is 1.61 bits per heavy atom. The van der Waals surface area contributed by atoms with Gasteiger partial charge in [-0.05, 0) is 24.1 Å². The summed E-state index contributed by atoms with van der Waals surface area (Å²) in [5, 5.41) is 0. The predicted molar refractivity (Wildman–Crippen MR) is 73.4 cm³/mol. The van der Waals surface area contributed by atoms with E-state index in [9.17, 15) is 4.79 Å². The molecule has 0 saturated carbocycles. The summed E-state index contributed by atoms with van der Waals surface area (Å²) in [6.07, 6.45) is 1.05. The van der Waals surface area contributed by atoms with Gasteiger partial charge in [0.25, 0.3) is 0 Å². The Kier molecular flexibility index (Phi) is 4.37. The molecule has 1 fully saturated rings. The van der Waals surface area contributed by atoms with Crippen molar-refractivity contribution in [3.05, 3.63) is 33.8 Å². The van der Waals surface area contributed by atoms with Crippen molar-refractivity contribution in [2.45, 2.75) is 19.0 Å². The molecule has 1 aliphatic heterocycles. The molecule has 1 saturated heterocycles. The van der Waals surface area contributed by atoms with Crippen LogP contribution in [0.25, 0.3) is 0 Å². The molecule has 4 nitrogen and oxygen atoms in total. The smallest absolute Gasteiger partial charge is 0.337 e. The lowest BCUT2D eigenvalue weighted by Gasteiger charge is -2.16. The lowest BCUT2D eigenvalue weighted by Crippen LogP contribution is -2.26. The number of hydrogen-bond acceptors (Lipinski definition) is 4. The Bertz CT molecular complexity index is 451. The molecule has 1 aromatic rings. The van der Waals surface area contributed by atoms with E-state index in [2.05, 4.69) is 20.8 Å². The SMILES string of the molecule is COC(=O)c1ccc(CN2CCC(N)C2)c(Br)c1. The van der Waals surface area contributed by atoms with Gasteiger partial charge in [0.05, 0.1) is 12.7 Å². The van der Waals surface area contributed by atoms with Crippen molar-refractivity contribution in [3.8, 4) is 0 Å². The number of halogens is 1. The van der Waals surface area contributed by atoms with Crippen LogP contribution in [0.2, 0.25) is 0 Å². The number of nitrogens with zero attached hydrogens (tertiary/aromatic N) is 1. The molecule has 0 aliphatic carbocycles. The number of carbonyl (C=O) groups excluding carboxylic acids is 1. The number of esters is 1. The topological polar surface area (TPSA) is 55.6 Å². The molecule has 1 heterocycles. The zero-order chi connectivity index (χ0) is 13.1. The van der Waals surface area contributed by atoms with Crippen molar-refractivity contribution in [3.63, 3.8) is 0 Å². The molecule has 0 bridgehead atoms. The van der Waals surface area contributed by atoms with E-state index in [1.807, 2.05) is 6.07 Å². The number of hydrogen-bond donors (Lipinski definition) is 1. The van der Waals surface area contributed by atoms with E-state index < -0.39 is 0 Å². The normalized spacial score (nSPS) is 20.1. The monoisotopic (exact) mass is 312 g/mol. The highest BCUT2D eigenvalue weighted by atomic mass is 79.9. The van der Waals surface area contributed by atoms with Gasteiger partial charge >= 0.3 is 5.97 Å². The first-order chi connectivity index (χ1) is 8.60. The van der Waals surface area contributed by atoms with Gasteiger partial charge in [-0.15, -0.1) is 0 Å². The van der Waals surface area contributed by atoms with Crippen LogP contribution in [-0.4, -0.2) is 37.1 Å². The van der Waals surface area contributed by atoms with Gasteiger partial charge in [0.2, 0.25) is 0 Å². The molecular formula is C13H17BrN2O2. The van der Waals surface area contributed by atoms with Gasteiger partial charge in [0, 0.05) is 30.1 Å². The van der Waals surface area contributed by atoms with Crippen LogP contribution in [0, 0.1) is 0 Å². The van der Waals surface area contributed by atoms with Crippen molar-refractivity contribution in [1.82, 2.24) is 4.90 Å². The van der Waals surface area contributed by atoms with Crippen LogP contribution in [0.1, 0.15) is 22.3 Å². The van der Waals surface area contributed by atoms with Gasteiger partial charge in [-0.1, -0.05) is 22.0 Å². The van der Waals surface area contributed by atoms with Gasteiger partial charge in [0.15, 0.2) is 0 Å². The van der Waals surface area contributed by atoms with Crippen LogP contribution in [0.3, 0.4) is 0 Å². The van der Waals surface area contributed by atoms with Crippen LogP contribution < -0.4 is 5.73 Å². The maximum Gasteiger partial charge on any atom is 0.337 e. The standard InChI is InChI=1S/C13H17BrN2O2/c1-18-13(17)9-2-3-10(12(14)6-9)7-16-5-4-11(15)8-16/h2-3,6,11H,4-5,7-8,15H2,1H3. The molecule has 1 aliphatic rings. The minimum Gasteiger partial charge on any atom is -0.465 e. The van der Waals surface area contributed by atoms with E-state index >= 15 is 0 Å². The first kappa shape index (κ1) is 13.5. The summed E-state index contributed by atoms with van der Waals surface area (Å²) in [6.45, 7) is 2.83. The number of nitrogens with two attached hydrogens (primary N) is 1. The third kappa shape index (κ3) is 3.10. The van der Waals surface area contributed by atoms with Crippen molar-refractivity contribution in [2.75, 3.05) is 20.2 Å². The fourth-order valence-corrected chi connectivity index (χ4v) is 2.67. The number of benzene rings is 1. The highest BCUT2D eigenvalue weighted by Crippen LogP contribution is 2.22. The van der Waals surface area contributed by atoms with Crippen LogP contribution in [0.4, 0.5) is 0 Å². The fourth-order valence-electron chi connectivity index (χ4n) is 2.17. The van der Waals surface area contributed by atoms with E-state index in [1.165, 1.54) is 7.11 Å². The third-order valence-electron chi connectivity index (χ3n) is 3.18. The highest BCUT2D eigenvalue weighted by molar-refractivity contribution is 9.10. The first-order valence-corrected chi connectivity index (χ1v) is 6.74. The molecule has 98 valence electrons. The summed E-state index contributed by atoms with van der Waals surface area (Å²) in [5.41, 5.74) is 7.61. The third-order valence-corrected chi connectivity index (χ3v) is 3.92. The number of likely N-dealkylation sites (tertiary alicyclic amines) is 1. The van der Waals surface area contributed by atoms with Gasteiger partial charge in [-0.2, -0.15) is 0 Å². The number of rotatable bonds is 3. The molecule has 1 unspecified atom stereocenters. The summed E-state index contributed by atoms with van der Waals surface area (Å²) in [6, 6.07) is 5.84. The number of carbonyl (C=O) groups is 1. The average Bonchev–Trinajstić information content (AvgIpc) is 2.76. The summed E-state index contributed by atoms with van der Waals surface area (Å²) in [5.74, 6) is -0.314. The molecule has 1 aromatic carbocycles. The molecule has 0 radical (unpaired) electrons. The maximum atomic E-state index is 11.4. The van der Waals surface area contributed by atoms with E-state index in [4.69, 9.17) is 10.5 Å². The van der Waals surface area contributed by atoms with Gasteiger partial charge in [-0.25, -0.2) is 4.79 Å². The summed E-state index contributed by atoms with van der Waals surface area (Å²) in [4.78, 5) is 13.7. The van der Waals surface area contributed by atoms with Crippen LogP contribution in [0.5, 0.6) is 0 Å². The predicted octanol–water partition coefficient (Wildman–Crippen LogP) is 1.77. The average molecular weight is 313 g/mol. The molecule has 2 N–H and O–H groups in total. The molecule has 0 spiro atoms. The Morgan fingerprint density at radius 3 is 2.94 bits per heavy atom. The molecule has 5 heteroatoms.